The lowest BCUT2D eigenvalue weighted by Crippen LogP contribution is -2.54. The summed E-state index contributed by atoms with van der Waals surface area (Å²) >= 11 is 0. The van der Waals surface area contributed by atoms with Gasteiger partial charge >= 0.3 is 0 Å². The van der Waals surface area contributed by atoms with Gasteiger partial charge in [0.25, 0.3) is 5.91 Å². The van der Waals surface area contributed by atoms with Gasteiger partial charge in [0.15, 0.2) is 14.6 Å². The fourth-order valence-corrected chi connectivity index (χ4v) is 4.88. The Bertz CT molecular complexity index is 809. The van der Waals surface area contributed by atoms with Crippen LogP contribution >= 0.6 is 0 Å². The van der Waals surface area contributed by atoms with E-state index < -0.39 is 20.5 Å². The fourth-order valence-electron chi connectivity index (χ4n) is 2.94. The van der Waals surface area contributed by atoms with Crippen LogP contribution in [-0.2, 0) is 24.1 Å². The second-order valence-electron chi connectivity index (χ2n) is 6.11. The molecular formula is C19H25NO7S. The van der Waals surface area contributed by atoms with Crippen LogP contribution in [0.2, 0.25) is 0 Å². The Kier molecular flexibility index (Phi) is 7.61. The predicted molar refractivity (Wildman–Crippen MR) is 102 cm³/mol. The molecule has 1 saturated heterocycles. The minimum atomic E-state index is -4.05. The van der Waals surface area contributed by atoms with Crippen LogP contribution in [0.3, 0.4) is 0 Å². The highest BCUT2D eigenvalue weighted by molar-refractivity contribution is 7.93. The highest BCUT2D eigenvalue weighted by atomic mass is 32.2. The number of hydrogen-bond donors (Lipinski definition) is 2. The van der Waals surface area contributed by atoms with Gasteiger partial charge in [-0.1, -0.05) is 6.58 Å². The number of carbonyl (C=O) groups is 1. The van der Waals surface area contributed by atoms with Crippen LogP contribution in [0.1, 0.15) is 19.8 Å². The van der Waals surface area contributed by atoms with Gasteiger partial charge in [0.05, 0.1) is 4.90 Å². The summed E-state index contributed by atoms with van der Waals surface area (Å²) in [7, 11) is -4.05. The van der Waals surface area contributed by atoms with E-state index in [1.165, 1.54) is 29.7 Å². The molecular weight excluding hydrogens is 386 g/mol. The Balaban J connectivity index is 2.10. The van der Waals surface area contributed by atoms with Gasteiger partial charge < -0.3 is 14.2 Å². The normalized spacial score (nSPS) is 16.9. The molecule has 28 heavy (non-hydrogen) atoms. The number of hydrogen-bond acceptors (Lipinski definition) is 7. The zero-order valence-corrected chi connectivity index (χ0v) is 16.5. The van der Waals surface area contributed by atoms with E-state index in [0.717, 1.165) is 0 Å². The molecule has 1 aromatic carbocycles. The van der Waals surface area contributed by atoms with Crippen LogP contribution < -0.4 is 10.2 Å². The summed E-state index contributed by atoms with van der Waals surface area (Å²) in [6, 6.07) is 5.80. The standard InChI is InChI=1S/C19H25NO7S/c1-3-15(4-2)26-13-14-27-16-5-7-17(8-6-16)28(23,24)19(18(21)20-22)9-11-25-12-10-19/h3-8,22H,1,9-14H2,2H3,(H,20,21)/b15-4+. The van der Waals surface area contributed by atoms with Crippen molar-refractivity contribution in [2.24, 2.45) is 0 Å². The van der Waals surface area contributed by atoms with E-state index in [2.05, 4.69) is 6.58 Å². The minimum Gasteiger partial charge on any atom is -0.490 e. The van der Waals surface area contributed by atoms with Crippen LogP contribution in [0, 0.1) is 0 Å². The molecule has 0 bridgehead atoms. The fraction of sp³-hybridized carbons (Fsp3) is 0.421. The molecule has 2 rings (SSSR count). The summed E-state index contributed by atoms with van der Waals surface area (Å²) in [6.07, 6.45) is 3.30. The lowest BCUT2D eigenvalue weighted by molar-refractivity contribution is -0.134. The summed E-state index contributed by atoms with van der Waals surface area (Å²) in [6.45, 7) is 6.27. The van der Waals surface area contributed by atoms with Gasteiger partial charge in [-0.05, 0) is 56.2 Å². The van der Waals surface area contributed by atoms with Gasteiger partial charge in [-0.15, -0.1) is 0 Å². The summed E-state index contributed by atoms with van der Waals surface area (Å²) < 4.78 is 40.6. The molecule has 1 aromatic rings. The van der Waals surface area contributed by atoms with Crippen LogP contribution in [0.25, 0.3) is 0 Å². The van der Waals surface area contributed by atoms with Gasteiger partial charge in [0.1, 0.15) is 24.7 Å². The molecule has 0 saturated carbocycles. The Morgan fingerprint density at radius 3 is 2.46 bits per heavy atom. The predicted octanol–water partition coefficient (Wildman–Crippen LogP) is 2.00. The number of carbonyl (C=O) groups excluding carboxylic acids is 1. The van der Waals surface area contributed by atoms with Crippen molar-refractivity contribution in [2.75, 3.05) is 26.4 Å². The van der Waals surface area contributed by atoms with Crippen LogP contribution in [0.15, 0.2) is 53.7 Å². The maximum Gasteiger partial charge on any atom is 0.265 e. The van der Waals surface area contributed by atoms with Crippen LogP contribution in [0.4, 0.5) is 0 Å². The first-order chi connectivity index (χ1) is 13.4. The first-order valence-corrected chi connectivity index (χ1v) is 10.3. The molecule has 1 amide bonds. The van der Waals surface area contributed by atoms with Gasteiger partial charge in [0.2, 0.25) is 0 Å². The first kappa shape index (κ1) is 21.9. The van der Waals surface area contributed by atoms with E-state index in [1.807, 2.05) is 6.92 Å². The molecule has 0 spiro atoms. The second-order valence-corrected chi connectivity index (χ2v) is 8.37. The van der Waals surface area contributed by atoms with Crippen molar-refractivity contribution in [1.82, 2.24) is 5.48 Å². The number of nitrogens with one attached hydrogen (secondary N) is 1. The maximum atomic E-state index is 13.1. The van der Waals surface area contributed by atoms with E-state index in [4.69, 9.17) is 19.4 Å². The summed E-state index contributed by atoms with van der Waals surface area (Å²) in [5.74, 6) is 0.167. The van der Waals surface area contributed by atoms with E-state index >= 15 is 0 Å². The van der Waals surface area contributed by atoms with E-state index in [0.29, 0.717) is 18.1 Å². The molecule has 154 valence electrons. The van der Waals surface area contributed by atoms with Gasteiger partial charge in [-0.25, -0.2) is 13.9 Å². The van der Waals surface area contributed by atoms with Crippen molar-refractivity contribution in [2.45, 2.75) is 29.4 Å². The van der Waals surface area contributed by atoms with Crippen molar-refractivity contribution in [3.05, 3.63) is 48.8 Å². The number of hydroxylamine groups is 1. The van der Waals surface area contributed by atoms with Gasteiger partial charge in [0, 0.05) is 13.2 Å². The third-order valence-corrected chi connectivity index (χ3v) is 7.09. The highest BCUT2D eigenvalue weighted by Crippen LogP contribution is 2.35. The molecule has 1 fully saturated rings. The zero-order chi connectivity index (χ0) is 20.6. The molecule has 0 aromatic heterocycles. The van der Waals surface area contributed by atoms with Gasteiger partial charge in [-0.3, -0.25) is 10.0 Å². The lowest BCUT2D eigenvalue weighted by atomic mass is 9.98. The Morgan fingerprint density at radius 1 is 1.29 bits per heavy atom. The topological polar surface area (TPSA) is 111 Å². The number of benzene rings is 1. The second kappa shape index (κ2) is 9.72. The smallest absolute Gasteiger partial charge is 0.265 e. The zero-order valence-electron chi connectivity index (χ0n) is 15.7. The van der Waals surface area contributed by atoms with Crippen molar-refractivity contribution in [3.63, 3.8) is 0 Å². The molecule has 0 radical (unpaired) electrons. The number of sulfone groups is 1. The van der Waals surface area contributed by atoms with Crippen molar-refractivity contribution < 1.29 is 32.6 Å². The molecule has 1 heterocycles. The molecule has 9 heteroatoms. The van der Waals surface area contributed by atoms with E-state index in [9.17, 15) is 13.2 Å². The Morgan fingerprint density at radius 2 is 1.93 bits per heavy atom. The molecule has 2 N–H and O–H groups in total. The Labute approximate surface area is 164 Å². The largest absolute Gasteiger partial charge is 0.490 e. The molecule has 0 atom stereocenters. The third-order valence-electron chi connectivity index (χ3n) is 4.57. The van der Waals surface area contributed by atoms with Crippen molar-refractivity contribution >= 4 is 15.7 Å². The number of allylic oxidation sites excluding steroid dienone is 2. The van der Waals surface area contributed by atoms with Crippen molar-refractivity contribution in [1.29, 1.82) is 0 Å². The minimum absolute atomic E-state index is 0.0236. The monoisotopic (exact) mass is 411 g/mol. The third kappa shape index (κ3) is 4.54. The molecule has 1 aliphatic heterocycles. The van der Waals surface area contributed by atoms with Crippen molar-refractivity contribution in [3.8, 4) is 5.75 Å². The summed E-state index contributed by atoms with van der Waals surface area (Å²) in [5, 5.41) is 9.06. The maximum absolute atomic E-state index is 13.1. The van der Waals surface area contributed by atoms with E-state index in [-0.39, 0.29) is 37.6 Å². The SMILES string of the molecule is C=C/C(=C\C)OCCOc1ccc(S(=O)(=O)C2(C(=O)NO)CCOCC2)cc1. The lowest BCUT2D eigenvalue weighted by Gasteiger charge is -2.34. The number of ether oxygens (including phenoxy) is 3. The van der Waals surface area contributed by atoms with E-state index in [1.54, 1.807) is 12.2 Å². The van der Waals surface area contributed by atoms with Crippen LogP contribution in [0.5, 0.6) is 5.75 Å². The average Bonchev–Trinajstić information content (AvgIpc) is 2.74. The first-order valence-electron chi connectivity index (χ1n) is 8.82. The molecule has 1 aliphatic rings. The summed E-state index contributed by atoms with van der Waals surface area (Å²) in [5.41, 5.74) is 1.49. The highest BCUT2D eigenvalue weighted by Gasteiger charge is 2.52. The molecule has 8 nitrogen and oxygen atoms in total. The average molecular weight is 411 g/mol. The molecule has 0 unspecified atom stereocenters. The Hall–Kier alpha value is -2.36. The quantitative estimate of drug-likeness (QED) is 0.210. The number of rotatable bonds is 9. The van der Waals surface area contributed by atoms with Crippen LogP contribution in [-0.4, -0.2) is 50.7 Å². The number of amides is 1. The summed E-state index contributed by atoms with van der Waals surface area (Å²) in [4.78, 5) is 12.2. The molecule has 0 aliphatic carbocycles. The van der Waals surface area contributed by atoms with Gasteiger partial charge in [-0.2, -0.15) is 0 Å².